The third kappa shape index (κ3) is 8.59. The smallest absolute Gasteiger partial charge is 0.243 e. The zero-order chi connectivity index (χ0) is 25.2. The van der Waals surface area contributed by atoms with Crippen LogP contribution in [-0.4, -0.2) is 35.4 Å². The van der Waals surface area contributed by atoms with Crippen molar-refractivity contribution >= 4 is 46.6 Å². The van der Waals surface area contributed by atoms with Gasteiger partial charge in [-0.3, -0.25) is 9.59 Å². The van der Waals surface area contributed by atoms with Gasteiger partial charge in [0.2, 0.25) is 11.8 Å². The molecule has 190 valence electrons. The first-order valence-electron chi connectivity index (χ1n) is 12.3. The van der Waals surface area contributed by atoms with Crippen molar-refractivity contribution in [3.05, 3.63) is 63.1 Å². The average Bonchev–Trinajstić information content (AvgIpc) is 2.84. The first-order valence-corrected chi connectivity index (χ1v) is 13.4. The number of carbonyl (C=O) groups is 2. The minimum Gasteiger partial charge on any atom is -0.494 e. The highest BCUT2D eigenvalue weighted by molar-refractivity contribution is 6.35. The molecule has 1 N–H and O–H groups in total. The lowest BCUT2D eigenvalue weighted by atomic mass is 9.95. The Bertz CT molecular complexity index is 978. The second kappa shape index (κ2) is 14.0. The second-order valence-electron chi connectivity index (χ2n) is 8.93. The highest BCUT2D eigenvalue weighted by Gasteiger charge is 2.30. The Morgan fingerprint density at radius 2 is 1.71 bits per heavy atom. The van der Waals surface area contributed by atoms with Crippen LogP contribution in [0.15, 0.2) is 42.5 Å². The van der Waals surface area contributed by atoms with Crippen molar-refractivity contribution in [2.24, 2.45) is 0 Å². The third-order valence-corrected chi connectivity index (χ3v) is 7.15. The van der Waals surface area contributed by atoms with Gasteiger partial charge >= 0.3 is 0 Å². The third-order valence-electron chi connectivity index (χ3n) is 6.31. The molecule has 3 rings (SSSR count). The van der Waals surface area contributed by atoms with E-state index < -0.39 is 6.04 Å². The summed E-state index contributed by atoms with van der Waals surface area (Å²) in [6.07, 6.45) is 6.72. The number of nitrogens with one attached hydrogen (secondary N) is 1. The normalized spacial score (nSPS) is 14.9. The molecule has 2 aromatic carbocycles. The Morgan fingerprint density at radius 1 is 1.03 bits per heavy atom. The number of carbonyl (C=O) groups excluding carboxylic acids is 2. The number of ether oxygens (including phenoxy) is 1. The van der Waals surface area contributed by atoms with Gasteiger partial charge in [0.15, 0.2) is 0 Å². The molecule has 1 aliphatic rings. The van der Waals surface area contributed by atoms with Crippen LogP contribution in [0.1, 0.15) is 63.9 Å². The van der Waals surface area contributed by atoms with E-state index >= 15 is 0 Å². The van der Waals surface area contributed by atoms with Gasteiger partial charge in [-0.2, -0.15) is 0 Å². The topological polar surface area (TPSA) is 58.6 Å². The summed E-state index contributed by atoms with van der Waals surface area (Å²) in [4.78, 5) is 28.3. The van der Waals surface area contributed by atoms with Crippen molar-refractivity contribution in [2.45, 2.75) is 76.9 Å². The van der Waals surface area contributed by atoms with Crippen LogP contribution >= 0.6 is 34.8 Å². The minimum absolute atomic E-state index is 0.102. The molecule has 0 aromatic heterocycles. The van der Waals surface area contributed by atoms with E-state index in [1.807, 2.05) is 6.92 Å². The van der Waals surface area contributed by atoms with Crippen LogP contribution in [0.5, 0.6) is 5.75 Å². The molecular formula is C27H33Cl3N2O3. The van der Waals surface area contributed by atoms with Crippen LogP contribution in [0.4, 0.5) is 0 Å². The number of nitrogens with zero attached hydrogens (tertiary/aromatic N) is 1. The van der Waals surface area contributed by atoms with Crippen molar-refractivity contribution < 1.29 is 14.3 Å². The van der Waals surface area contributed by atoms with Gasteiger partial charge in [-0.1, -0.05) is 67.1 Å². The number of halogens is 3. The fraction of sp³-hybridized carbons (Fsp3) is 0.481. The molecule has 1 aliphatic carbocycles. The molecule has 2 aromatic rings. The Labute approximate surface area is 223 Å². The van der Waals surface area contributed by atoms with E-state index in [4.69, 9.17) is 39.5 Å². The number of hydrogen-bond donors (Lipinski definition) is 1. The maximum Gasteiger partial charge on any atom is 0.243 e. The molecule has 5 nitrogen and oxygen atoms in total. The second-order valence-corrected chi connectivity index (χ2v) is 10.2. The Kier molecular flexibility index (Phi) is 11.0. The molecule has 0 spiro atoms. The van der Waals surface area contributed by atoms with Crippen LogP contribution < -0.4 is 10.1 Å². The van der Waals surface area contributed by atoms with Gasteiger partial charge in [0.1, 0.15) is 11.8 Å². The summed E-state index contributed by atoms with van der Waals surface area (Å²) in [6, 6.07) is 11.9. The summed E-state index contributed by atoms with van der Waals surface area (Å²) in [6.45, 7) is 2.55. The maximum absolute atomic E-state index is 13.4. The lowest BCUT2D eigenvalue weighted by Gasteiger charge is -2.33. The molecule has 1 atom stereocenters. The summed E-state index contributed by atoms with van der Waals surface area (Å²) in [7, 11) is 0. The predicted molar refractivity (Wildman–Crippen MR) is 142 cm³/mol. The fourth-order valence-corrected chi connectivity index (χ4v) is 4.98. The van der Waals surface area contributed by atoms with Crippen LogP contribution in [0.2, 0.25) is 15.1 Å². The van der Waals surface area contributed by atoms with Gasteiger partial charge in [-0.05, 0) is 67.6 Å². The predicted octanol–water partition coefficient (Wildman–Crippen LogP) is 7.06. The minimum atomic E-state index is -0.576. The van der Waals surface area contributed by atoms with Crippen molar-refractivity contribution in [2.75, 3.05) is 6.61 Å². The molecule has 1 fully saturated rings. The van der Waals surface area contributed by atoms with Crippen molar-refractivity contribution in [3.63, 3.8) is 0 Å². The monoisotopic (exact) mass is 538 g/mol. The number of benzene rings is 2. The zero-order valence-electron chi connectivity index (χ0n) is 20.1. The molecule has 2 amide bonds. The molecule has 0 aliphatic heterocycles. The molecular weight excluding hydrogens is 507 g/mol. The van der Waals surface area contributed by atoms with Crippen LogP contribution in [0.3, 0.4) is 0 Å². The lowest BCUT2D eigenvalue weighted by Crippen LogP contribution is -2.51. The molecule has 1 saturated carbocycles. The van der Waals surface area contributed by atoms with E-state index in [1.165, 1.54) is 6.42 Å². The van der Waals surface area contributed by atoms with Gasteiger partial charge in [-0.15, -0.1) is 0 Å². The molecule has 0 heterocycles. The Hall–Kier alpha value is -1.95. The van der Waals surface area contributed by atoms with Gasteiger partial charge < -0.3 is 15.0 Å². The molecule has 35 heavy (non-hydrogen) atoms. The summed E-state index contributed by atoms with van der Waals surface area (Å²) in [5.74, 6) is 0.488. The van der Waals surface area contributed by atoms with Gasteiger partial charge in [0.25, 0.3) is 0 Å². The van der Waals surface area contributed by atoms with Gasteiger partial charge in [-0.25, -0.2) is 0 Å². The molecule has 0 radical (unpaired) electrons. The van der Waals surface area contributed by atoms with E-state index in [9.17, 15) is 9.59 Å². The van der Waals surface area contributed by atoms with Gasteiger partial charge in [0.05, 0.1) is 6.61 Å². The standard InChI is InChI=1S/C27H33Cl3N2O3/c1-2-25(27(34)31-22-7-4-3-5-8-22)32(18-19-10-11-21(29)17-24(19)30)26(33)9-6-16-35-23-14-12-20(28)13-15-23/h10-15,17,22,25H,2-9,16,18H2,1H3,(H,31,34)/t25-/m0/s1. The van der Waals surface area contributed by atoms with Crippen molar-refractivity contribution in [3.8, 4) is 5.75 Å². The highest BCUT2D eigenvalue weighted by Crippen LogP contribution is 2.25. The summed E-state index contributed by atoms with van der Waals surface area (Å²) in [5, 5.41) is 4.83. The van der Waals surface area contributed by atoms with E-state index in [-0.39, 0.29) is 30.8 Å². The number of amides is 2. The lowest BCUT2D eigenvalue weighted by molar-refractivity contribution is -0.142. The van der Waals surface area contributed by atoms with E-state index in [2.05, 4.69) is 5.32 Å². The maximum atomic E-state index is 13.4. The van der Waals surface area contributed by atoms with Gasteiger partial charge in [0, 0.05) is 34.1 Å². The Balaban J connectivity index is 1.67. The molecule has 0 unspecified atom stereocenters. The first kappa shape index (κ1) is 27.6. The SMILES string of the molecule is CC[C@@H](C(=O)NC1CCCCC1)N(Cc1ccc(Cl)cc1Cl)C(=O)CCCOc1ccc(Cl)cc1. The summed E-state index contributed by atoms with van der Waals surface area (Å²) < 4.78 is 5.73. The average molecular weight is 540 g/mol. The number of hydrogen-bond acceptors (Lipinski definition) is 3. The summed E-state index contributed by atoms with van der Waals surface area (Å²) >= 11 is 18.4. The largest absolute Gasteiger partial charge is 0.494 e. The van der Waals surface area contributed by atoms with Crippen LogP contribution in [0, 0.1) is 0 Å². The molecule has 8 heteroatoms. The number of rotatable bonds is 11. The highest BCUT2D eigenvalue weighted by atomic mass is 35.5. The van der Waals surface area contributed by atoms with E-state index in [1.54, 1.807) is 47.4 Å². The quantitative estimate of drug-likeness (QED) is 0.311. The van der Waals surface area contributed by atoms with E-state index in [0.717, 1.165) is 31.2 Å². The zero-order valence-corrected chi connectivity index (χ0v) is 22.3. The van der Waals surface area contributed by atoms with Crippen molar-refractivity contribution in [1.29, 1.82) is 0 Å². The molecule has 0 bridgehead atoms. The van der Waals surface area contributed by atoms with Crippen LogP contribution in [0.25, 0.3) is 0 Å². The van der Waals surface area contributed by atoms with E-state index in [0.29, 0.717) is 40.3 Å². The molecule has 0 saturated heterocycles. The first-order chi connectivity index (χ1) is 16.9. The Morgan fingerprint density at radius 3 is 2.37 bits per heavy atom. The van der Waals surface area contributed by atoms with Crippen LogP contribution in [-0.2, 0) is 16.1 Å². The van der Waals surface area contributed by atoms with Crippen molar-refractivity contribution in [1.82, 2.24) is 10.2 Å². The fourth-order valence-electron chi connectivity index (χ4n) is 4.39. The summed E-state index contributed by atoms with van der Waals surface area (Å²) in [5.41, 5.74) is 0.755.